The van der Waals surface area contributed by atoms with Crippen LogP contribution < -0.4 is 18.4 Å². The van der Waals surface area contributed by atoms with Crippen molar-refractivity contribution in [1.82, 2.24) is 0 Å². The minimum atomic E-state index is -4.01. The first kappa shape index (κ1) is 29.3. The first-order chi connectivity index (χ1) is 19.0. The summed E-state index contributed by atoms with van der Waals surface area (Å²) in [7, 11) is -8.03. The molecule has 0 fully saturated rings. The van der Waals surface area contributed by atoms with Gasteiger partial charge in [0.05, 0.1) is 0 Å². The first-order valence-corrected chi connectivity index (χ1v) is 20.2. The summed E-state index contributed by atoms with van der Waals surface area (Å²) in [6.45, 7) is 0. The Labute approximate surface area is 241 Å². The number of carboxylic acids is 2. The molecule has 0 heterocycles. The Morgan fingerprint density at radius 3 is 1.18 bits per heavy atom. The van der Waals surface area contributed by atoms with E-state index in [4.69, 9.17) is 10.2 Å². The van der Waals surface area contributed by atoms with E-state index in [1.807, 2.05) is 0 Å². The number of carbonyl (C=O) groups is 2. The van der Waals surface area contributed by atoms with E-state index in [0.29, 0.717) is 8.92 Å². The molecule has 0 radical (unpaired) electrons. The van der Waals surface area contributed by atoms with Gasteiger partial charge in [0, 0.05) is 0 Å². The van der Waals surface area contributed by atoms with E-state index in [-0.39, 0.29) is 32.3 Å². The zero-order valence-electron chi connectivity index (χ0n) is 20.2. The number of nitrogens with one attached hydrogen (secondary N) is 2. The third-order valence-corrected chi connectivity index (χ3v) is 16.0. The normalized spacial score (nSPS) is 11.5. The van der Waals surface area contributed by atoms with Gasteiger partial charge in [-0.05, 0) is 0 Å². The fraction of sp³-hybridized carbons (Fsp3) is 0. The van der Waals surface area contributed by atoms with Gasteiger partial charge < -0.3 is 0 Å². The number of carboxylic acid groups (broad SMARTS) is 2. The third-order valence-electron chi connectivity index (χ3n) is 5.27. The summed E-state index contributed by atoms with van der Waals surface area (Å²) in [5.41, 5.74) is 0.456. The summed E-state index contributed by atoms with van der Waals surface area (Å²) in [5.74, 6) is -2.25. The van der Waals surface area contributed by atoms with E-state index >= 15 is 0 Å². The SMILES string of the molecule is O=C(O)c1ccc(NS(=O)(=O)c2ccccc2[Se][Se]c2ccccc2S(=O)(=O)Nc2ccc(C(=O)O)cc2)cc1. The van der Waals surface area contributed by atoms with Gasteiger partial charge in [0.25, 0.3) is 0 Å². The number of hydrogen-bond donors (Lipinski definition) is 4. The molecule has 0 spiro atoms. The quantitative estimate of drug-likeness (QED) is 0.172. The van der Waals surface area contributed by atoms with Gasteiger partial charge >= 0.3 is 243 Å². The fourth-order valence-electron chi connectivity index (χ4n) is 3.35. The molecule has 0 saturated heterocycles. The predicted molar refractivity (Wildman–Crippen MR) is 152 cm³/mol. The average molecular weight is 711 g/mol. The first-order valence-electron chi connectivity index (χ1n) is 11.2. The predicted octanol–water partition coefficient (Wildman–Crippen LogP) is 1.96. The van der Waals surface area contributed by atoms with Crippen molar-refractivity contribution in [2.24, 2.45) is 0 Å². The Bertz CT molecular complexity index is 1650. The van der Waals surface area contributed by atoms with Gasteiger partial charge in [-0.1, -0.05) is 0 Å². The molecule has 4 aromatic rings. The van der Waals surface area contributed by atoms with Crippen molar-refractivity contribution in [3.8, 4) is 0 Å². The third kappa shape index (κ3) is 7.10. The van der Waals surface area contributed by atoms with Crippen LogP contribution in [0.3, 0.4) is 0 Å². The minimum absolute atomic E-state index is 0.0229. The van der Waals surface area contributed by atoms with Crippen molar-refractivity contribution < 1.29 is 36.6 Å². The van der Waals surface area contributed by atoms with Crippen LogP contribution in [0.2, 0.25) is 0 Å². The molecule has 0 aliphatic rings. The molecule has 0 aliphatic carbocycles. The second-order valence-corrected chi connectivity index (χ2v) is 17.5. The van der Waals surface area contributed by atoms with Crippen molar-refractivity contribution in [3.63, 3.8) is 0 Å². The van der Waals surface area contributed by atoms with Gasteiger partial charge in [0.1, 0.15) is 0 Å². The van der Waals surface area contributed by atoms with E-state index in [2.05, 4.69) is 9.44 Å². The molecule has 40 heavy (non-hydrogen) atoms. The molecule has 0 aromatic heterocycles. The molecule has 0 atom stereocenters. The van der Waals surface area contributed by atoms with Crippen LogP contribution in [0.25, 0.3) is 0 Å². The summed E-state index contributed by atoms with van der Waals surface area (Å²) < 4.78 is 58.8. The van der Waals surface area contributed by atoms with Crippen LogP contribution in [-0.2, 0) is 20.0 Å². The average Bonchev–Trinajstić information content (AvgIpc) is 2.92. The monoisotopic (exact) mass is 712 g/mol. The fourth-order valence-corrected chi connectivity index (χ4v) is 15.4. The van der Waals surface area contributed by atoms with E-state index in [9.17, 15) is 26.4 Å². The summed E-state index contributed by atoms with van der Waals surface area (Å²) in [6, 6.07) is 23.5. The molecule has 0 bridgehead atoms. The van der Waals surface area contributed by atoms with E-state index in [1.165, 1.54) is 60.7 Å². The van der Waals surface area contributed by atoms with Gasteiger partial charge in [-0.2, -0.15) is 0 Å². The molecule has 0 aliphatic heterocycles. The van der Waals surface area contributed by atoms with Crippen molar-refractivity contribution in [2.75, 3.05) is 9.44 Å². The van der Waals surface area contributed by atoms with Crippen molar-refractivity contribution >= 4 is 78.5 Å². The van der Waals surface area contributed by atoms with Gasteiger partial charge in [0.2, 0.25) is 0 Å². The van der Waals surface area contributed by atoms with Crippen molar-refractivity contribution in [3.05, 3.63) is 108 Å². The Hall–Kier alpha value is -3.64. The van der Waals surface area contributed by atoms with Crippen LogP contribution >= 0.6 is 0 Å². The van der Waals surface area contributed by atoms with Gasteiger partial charge in [-0.3, -0.25) is 0 Å². The van der Waals surface area contributed by atoms with Crippen LogP contribution in [0.15, 0.2) is 107 Å². The van der Waals surface area contributed by atoms with Crippen molar-refractivity contribution in [2.45, 2.75) is 9.79 Å². The van der Waals surface area contributed by atoms with Crippen molar-refractivity contribution in [1.29, 1.82) is 0 Å². The second kappa shape index (κ2) is 12.3. The molecule has 0 unspecified atom stereocenters. The number of benzene rings is 4. The Kier molecular flexibility index (Phi) is 8.99. The van der Waals surface area contributed by atoms with Gasteiger partial charge in [0.15, 0.2) is 0 Å². The molecule has 10 nitrogen and oxygen atoms in total. The topological polar surface area (TPSA) is 167 Å². The summed E-state index contributed by atoms with van der Waals surface area (Å²) in [6.07, 6.45) is 0. The second-order valence-electron chi connectivity index (χ2n) is 8.04. The Morgan fingerprint density at radius 1 is 0.525 bits per heavy atom. The number of aromatic carboxylic acids is 2. The maximum absolute atomic E-state index is 13.2. The van der Waals surface area contributed by atoms with E-state index < -0.39 is 58.2 Å². The molecule has 14 heteroatoms. The van der Waals surface area contributed by atoms with Crippen LogP contribution in [0.4, 0.5) is 11.4 Å². The van der Waals surface area contributed by atoms with Crippen LogP contribution in [0, 0.1) is 0 Å². The number of anilines is 2. The Balaban J connectivity index is 1.54. The van der Waals surface area contributed by atoms with E-state index in [1.54, 1.807) is 36.4 Å². The molecule has 4 rings (SSSR count). The van der Waals surface area contributed by atoms with Gasteiger partial charge in [-0.15, -0.1) is 0 Å². The van der Waals surface area contributed by atoms with Crippen LogP contribution in [-0.4, -0.2) is 65.3 Å². The zero-order chi connectivity index (χ0) is 28.9. The molecular formula is C26H20N2O8S2Se2. The van der Waals surface area contributed by atoms with E-state index in [0.717, 1.165) is 0 Å². The molecular weight excluding hydrogens is 690 g/mol. The Morgan fingerprint density at radius 2 is 0.850 bits per heavy atom. The molecule has 0 amide bonds. The molecule has 0 saturated carbocycles. The number of sulfonamides is 2. The summed E-state index contributed by atoms with van der Waals surface area (Å²) >= 11 is -0.861. The van der Waals surface area contributed by atoms with Crippen LogP contribution in [0.5, 0.6) is 0 Å². The summed E-state index contributed by atoms with van der Waals surface area (Å²) in [5, 5.41) is 18.1. The zero-order valence-corrected chi connectivity index (χ0v) is 25.3. The standard InChI is InChI=1S/C26H20N2O8S2Se2/c29-25(30)17-9-13-19(14-10-17)27-37(33,34)21-5-1-3-7-23(21)39-40-24-8-4-2-6-22(24)38(35,36)28-20-15-11-18(12-16-20)26(31)32/h1-16,27-28H,(H,29,30)(H,31,32). The number of hydrogen-bond acceptors (Lipinski definition) is 6. The van der Waals surface area contributed by atoms with Gasteiger partial charge in [-0.25, -0.2) is 0 Å². The van der Waals surface area contributed by atoms with Crippen LogP contribution in [0.1, 0.15) is 20.7 Å². The molecule has 206 valence electrons. The summed E-state index contributed by atoms with van der Waals surface area (Å²) in [4.78, 5) is 22.2. The molecule has 4 N–H and O–H groups in total. The number of rotatable bonds is 11. The molecule has 4 aromatic carbocycles. The maximum atomic E-state index is 13.2.